The van der Waals surface area contributed by atoms with Gasteiger partial charge in [-0.15, -0.1) is 0 Å². The number of rotatable bonds is 1. The maximum absolute atomic E-state index is 9.71. The third-order valence-corrected chi connectivity index (χ3v) is 2.99. The first-order valence-electron chi connectivity index (χ1n) is 4.79. The molecule has 0 bridgehead atoms. The molecule has 1 saturated carbocycles. The second-order valence-electron chi connectivity index (χ2n) is 4.39. The van der Waals surface area contributed by atoms with Crippen molar-refractivity contribution in [2.45, 2.75) is 46.1 Å². The highest BCUT2D eigenvalue weighted by molar-refractivity contribution is 4.79. The van der Waals surface area contributed by atoms with Gasteiger partial charge in [-0.2, -0.15) is 0 Å². The summed E-state index contributed by atoms with van der Waals surface area (Å²) < 4.78 is 0. The smallest absolute Gasteiger partial charge is 0.0573 e. The molecule has 1 rings (SSSR count). The van der Waals surface area contributed by atoms with Crippen molar-refractivity contribution in [1.29, 1.82) is 0 Å². The third-order valence-electron chi connectivity index (χ3n) is 2.99. The van der Waals surface area contributed by atoms with Crippen LogP contribution in [-0.4, -0.2) is 11.2 Å². The molecule has 1 unspecified atom stereocenters. The summed E-state index contributed by atoms with van der Waals surface area (Å²) in [7, 11) is 0. The zero-order valence-electron chi connectivity index (χ0n) is 7.88. The van der Waals surface area contributed by atoms with E-state index in [1.807, 2.05) is 0 Å². The molecule has 1 N–H and O–H groups in total. The summed E-state index contributed by atoms with van der Waals surface area (Å²) in [5, 5.41) is 9.71. The van der Waals surface area contributed by atoms with Gasteiger partial charge in [0, 0.05) is 0 Å². The van der Waals surface area contributed by atoms with Crippen LogP contribution in [0.5, 0.6) is 0 Å². The van der Waals surface area contributed by atoms with Crippen molar-refractivity contribution < 1.29 is 5.11 Å². The second kappa shape index (κ2) is 3.57. The fourth-order valence-corrected chi connectivity index (χ4v) is 2.15. The van der Waals surface area contributed by atoms with Crippen LogP contribution in [0.4, 0.5) is 0 Å². The van der Waals surface area contributed by atoms with E-state index in [9.17, 15) is 5.11 Å². The number of hydrogen-bond donors (Lipinski definition) is 1. The van der Waals surface area contributed by atoms with E-state index < -0.39 is 0 Å². The Morgan fingerprint density at radius 1 is 1.27 bits per heavy atom. The van der Waals surface area contributed by atoms with Crippen LogP contribution in [0.15, 0.2) is 0 Å². The molecular formula is C10H20O. The highest BCUT2D eigenvalue weighted by atomic mass is 16.3. The Kier molecular flexibility index (Phi) is 2.94. The zero-order valence-corrected chi connectivity index (χ0v) is 7.88. The summed E-state index contributed by atoms with van der Waals surface area (Å²) in [6, 6.07) is 0. The van der Waals surface area contributed by atoms with Gasteiger partial charge in [-0.3, -0.25) is 0 Å². The highest BCUT2D eigenvalue weighted by Gasteiger charge is 2.28. The molecule has 3 atom stereocenters. The Bertz CT molecular complexity index is 120. The van der Waals surface area contributed by atoms with E-state index in [-0.39, 0.29) is 6.10 Å². The van der Waals surface area contributed by atoms with E-state index in [1.54, 1.807) is 0 Å². The van der Waals surface area contributed by atoms with Crippen molar-refractivity contribution in [3.63, 3.8) is 0 Å². The van der Waals surface area contributed by atoms with Crippen molar-refractivity contribution in [3.8, 4) is 0 Å². The SMILES string of the molecule is CC(C)[C@H]1CC[C@H](C)CC1O. The predicted octanol–water partition coefficient (Wildman–Crippen LogP) is 2.44. The minimum absolute atomic E-state index is 0.0289. The van der Waals surface area contributed by atoms with E-state index >= 15 is 0 Å². The molecule has 0 aromatic heterocycles. The maximum atomic E-state index is 9.71. The van der Waals surface area contributed by atoms with Gasteiger partial charge in [0.1, 0.15) is 0 Å². The molecule has 1 heteroatoms. The lowest BCUT2D eigenvalue weighted by molar-refractivity contribution is 0.0266. The molecule has 0 aromatic rings. The molecule has 0 amide bonds. The summed E-state index contributed by atoms with van der Waals surface area (Å²) in [4.78, 5) is 0. The molecule has 0 heterocycles. The minimum Gasteiger partial charge on any atom is -0.393 e. The standard InChI is InChI=1S/C10H20O/c1-7(2)9-5-4-8(3)6-10(9)11/h7-11H,4-6H2,1-3H3/t8-,9+,10?/m0/s1. The molecule has 1 aliphatic rings. The van der Waals surface area contributed by atoms with Gasteiger partial charge in [0.05, 0.1) is 6.10 Å². The quantitative estimate of drug-likeness (QED) is 0.618. The van der Waals surface area contributed by atoms with Crippen molar-refractivity contribution in [2.75, 3.05) is 0 Å². The fraction of sp³-hybridized carbons (Fsp3) is 1.00. The van der Waals surface area contributed by atoms with E-state index in [2.05, 4.69) is 20.8 Å². The summed E-state index contributed by atoms with van der Waals surface area (Å²) >= 11 is 0. The van der Waals surface area contributed by atoms with Crippen LogP contribution in [-0.2, 0) is 0 Å². The Balaban J connectivity index is 2.44. The van der Waals surface area contributed by atoms with Crippen LogP contribution < -0.4 is 0 Å². The van der Waals surface area contributed by atoms with E-state index in [1.165, 1.54) is 12.8 Å². The lowest BCUT2D eigenvalue weighted by Gasteiger charge is -2.33. The van der Waals surface area contributed by atoms with Gasteiger partial charge in [0.2, 0.25) is 0 Å². The molecule has 0 aliphatic heterocycles. The topological polar surface area (TPSA) is 20.2 Å². The summed E-state index contributed by atoms with van der Waals surface area (Å²) in [5.74, 6) is 1.95. The average Bonchev–Trinajstić information content (AvgIpc) is 1.85. The third kappa shape index (κ3) is 2.19. The number of aliphatic hydroxyl groups excluding tert-OH is 1. The first kappa shape index (κ1) is 9.05. The number of aliphatic hydroxyl groups is 1. The zero-order chi connectivity index (χ0) is 8.43. The monoisotopic (exact) mass is 156 g/mol. The van der Waals surface area contributed by atoms with Gasteiger partial charge in [0.25, 0.3) is 0 Å². The van der Waals surface area contributed by atoms with Crippen molar-refractivity contribution >= 4 is 0 Å². The molecule has 0 saturated heterocycles. The summed E-state index contributed by atoms with van der Waals surface area (Å²) in [6.45, 7) is 6.66. The molecule has 1 nitrogen and oxygen atoms in total. The molecule has 66 valence electrons. The van der Waals surface area contributed by atoms with Crippen LogP contribution in [0.25, 0.3) is 0 Å². The van der Waals surface area contributed by atoms with Crippen molar-refractivity contribution in [3.05, 3.63) is 0 Å². The van der Waals surface area contributed by atoms with E-state index in [0.717, 1.165) is 12.3 Å². The lowest BCUT2D eigenvalue weighted by Crippen LogP contribution is -2.31. The molecule has 0 radical (unpaired) electrons. The van der Waals surface area contributed by atoms with Gasteiger partial charge in [0.15, 0.2) is 0 Å². The Morgan fingerprint density at radius 2 is 1.91 bits per heavy atom. The van der Waals surface area contributed by atoms with Gasteiger partial charge in [-0.25, -0.2) is 0 Å². The molecule has 0 aromatic carbocycles. The van der Waals surface area contributed by atoms with Gasteiger partial charge < -0.3 is 5.11 Å². The van der Waals surface area contributed by atoms with E-state index in [0.29, 0.717) is 11.8 Å². The average molecular weight is 156 g/mol. The Labute approximate surface area is 69.8 Å². The predicted molar refractivity (Wildman–Crippen MR) is 47.3 cm³/mol. The largest absolute Gasteiger partial charge is 0.393 e. The second-order valence-corrected chi connectivity index (χ2v) is 4.39. The Morgan fingerprint density at radius 3 is 2.36 bits per heavy atom. The number of hydrogen-bond acceptors (Lipinski definition) is 1. The first-order valence-corrected chi connectivity index (χ1v) is 4.79. The molecular weight excluding hydrogens is 136 g/mol. The lowest BCUT2D eigenvalue weighted by atomic mass is 9.75. The van der Waals surface area contributed by atoms with Crippen LogP contribution in [0.1, 0.15) is 40.0 Å². The fourth-order valence-electron chi connectivity index (χ4n) is 2.15. The van der Waals surface area contributed by atoms with Crippen LogP contribution >= 0.6 is 0 Å². The van der Waals surface area contributed by atoms with Crippen LogP contribution in [0.3, 0.4) is 0 Å². The molecule has 1 aliphatic carbocycles. The summed E-state index contributed by atoms with van der Waals surface area (Å²) in [6.07, 6.45) is 3.52. The van der Waals surface area contributed by atoms with Crippen LogP contribution in [0, 0.1) is 17.8 Å². The minimum atomic E-state index is -0.0289. The maximum Gasteiger partial charge on any atom is 0.0573 e. The van der Waals surface area contributed by atoms with Crippen molar-refractivity contribution in [2.24, 2.45) is 17.8 Å². The van der Waals surface area contributed by atoms with Gasteiger partial charge in [-0.1, -0.05) is 27.2 Å². The normalized spacial score (nSPS) is 39.5. The van der Waals surface area contributed by atoms with Crippen LogP contribution in [0.2, 0.25) is 0 Å². The summed E-state index contributed by atoms with van der Waals surface area (Å²) in [5.41, 5.74) is 0. The van der Waals surface area contributed by atoms with Gasteiger partial charge in [-0.05, 0) is 30.6 Å². The molecule has 0 spiro atoms. The van der Waals surface area contributed by atoms with Crippen molar-refractivity contribution in [1.82, 2.24) is 0 Å². The van der Waals surface area contributed by atoms with Gasteiger partial charge >= 0.3 is 0 Å². The Hall–Kier alpha value is -0.0400. The van der Waals surface area contributed by atoms with E-state index in [4.69, 9.17) is 0 Å². The highest BCUT2D eigenvalue weighted by Crippen LogP contribution is 2.33. The molecule has 1 fully saturated rings. The molecule has 11 heavy (non-hydrogen) atoms. The first-order chi connectivity index (χ1) is 5.11.